The highest BCUT2D eigenvalue weighted by molar-refractivity contribution is 5.66. The molecule has 0 fully saturated rings. The summed E-state index contributed by atoms with van der Waals surface area (Å²) < 4.78 is 28.2. The first-order chi connectivity index (χ1) is 8.09. The number of benzene rings is 1. The Bertz CT molecular complexity index is 536. The normalized spacial score (nSPS) is 10.5. The molecule has 0 unspecified atom stereocenters. The van der Waals surface area contributed by atoms with Gasteiger partial charge in [0.15, 0.2) is 11.6 Å². The second kappa shape index (κ2) is 4.40. The van der Waals surface area contributed by atoms with Crippen LogP contribution in [0.5, 0.6) is 0 Å². The van der Waals surface area contributed by atoms with E-state index >= 15 is 0 Å². The monoisotopic (exact) mass is 238 g/mol. The molecule has 4 nitrogen and oxygen atoms in total. The number of imidazole rings is 1. The van der Waals surface area contributed by atoms with Crippen LogP contribution in [0.25, 0.3) is 0 Å². The van der Waals surface area contributed by atoms with Crippen molar-refractivity contribution in [1.82, 2.24) is 9.55 Å². The van der Waals surface area contributed by atoms with Crippen LogP contribution in [0.2, 0.25) is 0 Å². The fraction of sp³-hybridized carbons (Fsp3) is 0.182. The summed E-state index contributed by atoms with van der Waals surface area (Å²) in [5, 5.41) is 2.74. The zero-order chi connectivity index (χ0) is 12.4. The lowest BCUT2D eigenvalue weighted by Gasteiger charge is -2.10. The van der Waals surface area contributed by atoms with E-state index in [1.165, 1.54) is 6.07 Å². The molecule has 0 atom stereocenters. The summed E-state index contributed by atoms with van der Waals surface area (Å²) >= 11 is 0. The lowest BCUT2D eigenvalue weighted by molar-refractivity contribution is 0.511. The van der Waals surface area contributed by atoms with Gasteiger partial charge in [-0.2, -0.15) is 0 Å². The molecule has 6 heteroatoms. The molecule has 0 aliphatic heterocycles. The predicted octanol–water partition coefficient (Wildman–Crippen LogP) is 1.89. The third kappa shape index (κ3) is 2.20. The number of nitrogen functional groups attached to an aromatic ring is 1. The number of anilines is 2. The number of nitrogens with zero attached hydrogens (tertiary/aromatic N) is 2. The zero-order valence-electron chi connectivity index (χ0n) is 9.24. The van der Waals surface area contributed by atoms with Gasteiger partial charge in [-0.3, -0.25) is 0 Å². The van der Waals surface area contributed by atoms with E-state index in [9.17, 15) is 8.78 Å². The van der Waals surface area contributed by atoms with Crippen LogP contribution in [0.3, 0.4) is 0 Å². The van der Waals surface area contributed by atoms with Gasteiger partial charge in [-0.05, 0) is 12.1 Å². The fourth-order valence-corrected chi connectivity index (χ4v) is 1.48. The number of nitrogens with one attached hydrogen (secondary N) is 1. The fourth-order valence-electron chi connectivity index (χ4n) is 1.48. The summed E-state index contributed by atoms with van der Waals surface area (Å²) in [4.78, 5) is 4.06. The topological polar surface area (TPSA) is 55.9 Å². The molecule has 1 heterocycles. The van der Waals surface area contributed by atoms with Crippen LogP contribution in [0.4, 0.5) is 20.2 Å². The summed E-state index contributed by atoms with van der Waals surface area (Å²) in [7, 11) is 1.81. The van der Waals surface area contributed by atoms with Crippen LogP contribution in [-0.2, 0) is 13.6 Å². The molecule has 17 heavy (non-hydrogen) atoms. The molecule has 1 aromatic heterocycles. The number of rotatable bonds is 3. The molecule has 0 bridgehead atoms. The maximum absolute atomic E-state index is 13.4. The number of halogens is 2. The zero-order valence-corrected chi connectivity index (χ0v) is 9.24. The third-order valence-corrected chi connectivity index (χ3v) is 2.47. The third-order valence-electron chi connectivity index (χ3n) is 2.47. The first kappa shape index (κ1) is 11.4. The minimum Gasteiger partial charge on any atom is -0.397 e. The second-order valence-electron chi connectivity index (χ2n) is 3.63. The van der Waals surface area contributed by atoms with E-state index in [1.54, 1.807) is 17.0 Å². The predicted molar refractivity (Wildman–Crippen MR) is 61.3 cm³/mol. The van der Waals surface area contributed by atoms with Crippen LogP contribution >= 0.6 is 0 Å². The molecule has 1 aromatic carbocycles. The minimum atomic E-state index is -0.973. The molecular weight excluding hydrogens is 226 g/mol. The quantitative estimate of drug-likeness (QED) is 0.803. The van der Waals surface area contributed by atoms with Crippen LogP contribution in [0.1, 0.15) is 5.82 Å². The molecule has 0 radical (unpaired) electrons. The number of aromatic nitrogens is 2. The first-order valence-corrected chi connectivity index (χ1v) is 5.03. The molecule has 2 rings (SSSR count). The van der Waals surface area contributed by atoms with Crippen LogP contribution in [-0.4, -0.2) is 9.55 Å². The van der Waals surface area contributed by atoms with Crippen LogP contribution in [0, 0.1) is 11.6 Å². The number of nitrogens with two attached hydrogens (primary N) is 1. The Hall–Kier alpha value is -2.11. The summed E-state index contributed by atoms with van der Waals surface area (Å²) in [5.74, 6) is -1.20. The van der Waals surface area contributed by atoms with Gasteiger partial charge in [0.2, 0.25) is 0 Å². The van der Waals surface area contributed by atoms with Gasteiger partial charge >= 0.3 is 0 Å². The number of hydrogen-bond donors (Lipinski definition) is 2. The standard InChI is InChI=1S/C11H12F2N4/c1-17-5-4-15-9(17)6-16-11-8(14)3-2-7(12)10(11)13/h2-5,16H,6,14H2,1H3. The maximum atomic E-state index is 13.4. The van der Waals surface area contributed by atoms with Gasteiger partial charge in [-0.25, -0.2) is 13.8 Å². The van der Waals surface area contributed by atoms with Crippen molar-refractivity contribution < 1.29 is 8.78 Å². The maximum Gasteiger partial charge on any atom is 0.183 e. The summed E-state index contributed by atoms with van der Waals surface area (Å²) in [6.45, 7) is 0.272. The van der Waals surface area contributed by atoms with Crippen molar-refractivity contribution in [3.8, 4) is 0 Å². The Balaban J connectivity index is 2.20. The van der Waals surface area contributed by atoms with E-state index in [1.807, 2.05) is 7.05 Å². The van der Waals surface area contributed by atoms with Crippen molar-refractivity contribution in [2.24, 2.45) is 7.05 Å². The van der Waals surface area contributed by atoms with Crippen molar-refractivity contribution >= 4 is 11.4 Å². The smallest absolute Gasteiger partial charge is 0.183 e. The van der Waals surface area contributed by atoms with Gasteiger partial charge in [-0.1, -0.05) is 0 Å². The Morgan fingerprint density at radius 2 is 2.18 bits per heavy atom. The highest BCUT2D eigenvalue weighted by atomic mass is 19.2. The Morgan fingerprint density at radius 1 is 1.41 bits per heavy atom. The Morgan fingerprint density at radius 3 is 2.82 bits per heavy atom. The van der Waals surface area contributed by atoms with Crippen molar-refractivity contribution in [3.63, 3.8) is 0 Å². The number of aryl methyl sites for hydroxylation is 1. The highest BCUT2D eigenvalue weighted by Crippen LogP contribution is 2.24. The second-order valence-corrected chi connectivity index (χ2v) is 3.63. The Labute approximate surface area is 97.1 Å². The van der Waals surface area contributed by atoms with Gasteiger partial charge < -0.3 is 15.6 Å². The van der Waals surface area contributed by atoms with Gasteiger partial charge in [0.1, 0.15) is 5.82 Å². The van der Waals surface area contributed by atoms with Gasteiger partial charge in [-0.15, -0.1) is 0 Å². The van der Waals surface area contributed by atoms with Crippen molar-refractivity contribution in [2.45, 2.75) is 6.54 Å². The molecule has 0 saturated heterocycles. The number of hydrogen-bond acceptors (Lipinski definition) is 3. The molecule has 90 valence electrons. The van der Waals surface area contributed by atoms with Crippen molar-refractivity contribution in [3.05, 3.63) is 42.0 Å². The van der Waals surface area contributed by atoms with Gasteiger partial charge in [0.25, 0.3) is 0 Å². The van der Waals surface area contributed by atoms with Gasteiger partial charge in [0.05, 0.1) is 17.9 Å². The molecule has 0 aliphatic carbocycles. The summed E-state index contributed by atoms with van der Waals surface area (Å²) in [6.07, 6.45) is 3.39. The first-order valence-electron chi connectivity index (χ1n) is 5.03. The van der Waals surface area contributed by atoms with E-state index < -0.39 is 11.6 Å². The molecule has 3 N–H and O–H groups in total. The van der Waals surface area contributed by atoms with E-state index in [0.717, 1.165) is 6.07 Å². The summed E-state index contributed by atoms with van der Waals surface area (Å²) in [6, 6.07) is 2.32. The molecule has 0 aliphatic rings. The largest absolute Gasteiger partial charge is 0.397 e. The molecule has 2 aromatic rings. The molecule has 0 saturated carbocycles. The van der Waals surface area contributed by atoms with E-state index in [2.05, 4.69) is 10.3 Å². The molecule has 0 spiro atoms. The van der Waals surface area contributed by atoms with E-state index in [-0.39, 0.29) is 17.9 Å². The molecular formula is C11H12F2N4. The van der Waals surface area contributed by atoms with Crippen molar-refractivity contribution in [1.29, 1.82) is 0 Å². The minimum absolute atomic E-state index is 0.0343. The lowest BCUT2D eigenvalue weighted by Crippen LogP contribution is -2.09. The van der Waals surface area contributed by atoms with E-state index in [0.29, 0.717) is 5.82 Å². The summed E-state index contributed by atoms with van der Waals surface area (Å²) in [5.41, 5.74) is 5.70. The Kier molecular flexibility index (Phi) is 2.95. The van der Waals surface area contributed by atoms with Gasteiger partial charge in [0, 0.05) is 19.4 Å². The molecule has 0 amide bonds. The average molecular weight is 238 g/mol. The van der Waals surface area contributed by atoms with E-state index in [4.69, 9.17) is 5.73 Å². The van der Waals surface area contributed by atoms with Crippen LogP contribution in [0.15, 0.2) is 24.5 Å². The SMILES string of the molecule is Cn1ccnc1CNc1c(N)ccc(F)c1F. The van der Waals surface area contributed by atoms with Crippen molar-refractivity contribution in [2.75, 3.05) is 11.1 Å². The highest BCUT2D eigenvalue weighted by Gasteiger charge is 2.12. The average Bonchev–Trinajstić information content (AvgIpc) is 2.70. The van der Waals surface area contributed by atoms with Crippen LogP contribution < -0.4 is 11.1 Å². The lowest BCUT2D eigenvalue weighted by atomic mass is 10.2.